The molecule has 1 aromatic carbocycles. The van der Waals surface area contributed by atoms with Crippen LogP contribution in [0.15, 0.2) is 29.2 Å². The van der Waals surface area contributed by atoms with Gasteiger partial charge in [-0.25, -0.2) is 0 Å². The van der Waals surface area contributed by atoms with Crippen LogP contribution in [0, 0.1) is 0 Å². The number of rotatable bonds is 1. The Morgan fingerprint density at radius 2 is 2.17 bits per heavy atom. The number of hydrogen-bond donors (Lipinski definition) is 0. The lowest BCUT2D eigenvalue weighted by Gasteiger charge is -2.19. The third kappa shape index (κ3) is 1.20. The first kappa shape index (κ1) is 7.99. The molecule has 12 heavy (non-hydrogen) atoms. The highest BCUT2D eigenvalue weighted by Gasteiger charge is 2.33. The topological polar surface area (TPSA) is 9.23 Å². The summed E-state index contributed by atoms with van der Waals surface area (Å²) in [5.41, 5.74) is 0. The van der Waals surface area contributed by atoms with Crippen molar-refractivity contribution in [1.29, 1.82) is 0 Å². The Kier molecular flexibility index (Phi) is 1.80. The Morgan fingerprint density at radius 1 is 1.42 bits per heavy atom. The van der Waals surface area contributed by atoms with Crippen molar-refractivity contribution in [3.8, 4) is 5.75 Å². The van der Waals surface area contributed by atoms with Gasteiger partial charge in [0.1, 0.15) is 5.75 Å². The molecule has 0 amide bonds. The highest BCUT2D eigenvalue weighted by atomic mass is 32.2. The highest BCUT2D eigenvalue weighted by molar-refractivity contribution is 8.00. The molecule has 1 aromatic rings. The molecule has 0 N–H and O–H groups in total. The van der Waals surface area contributed by atoms with E-state index < -0.39 is 0 Å². The second-order valence-corrected chi connectivity index (χ2v) is 4.65. The largest absolute Gasteiger partial charge is 0.475 e. The minimum Gasteiger partial charge on any atom is -0.475 e. The van der Waals surface area contributed by atoms with Gasteiger partial charge in [0.05, 0.1) is 4.90 Å². The first-order valence-corrected chi connectivity index (χ1v) is 5.02. The summed E-state index contributed by atoms with van der Waals surface area (Å²) in [5, 5.41) is 0. The third-order valence-corrected chi connectivity index (χ3v) is 3.50. The Labute approximate surface area is 77.1 Å². The van der Waals surface area contributed by atoms with Crippen molar-refractivity contribution >= 4 is 11.8 Å². The first-order chi connectivity index (χ1) is 5.73. The van der Waals surface area contributed by atoms with Crippen LogP contribution in [0.25, 0.3) is 0 Å². The van der Waals surface area contributed by atoms with E-state index in [1.165, 1.54) is 4.90 Å². The van der Waals surface area contributed by atoms with Crippen molar-refractivity contribution in [1.82, 2.24) is 0 Å². The highest BCUT2D eigenvalue weighted by Crippen LogP contribution is 2.48. The van der Waals surface area contributed by atoms with Gasteiger partial charge in [-0.05, 0) is 25.5 Å². The van der Waals surface area contributed by atoms with Crippen molar-refractivity contribution in [2.75, 3.05) is 0 Å². The van der Waals surface area contributed by atoms with Crippen LogP contribution in [0.1, 0.15) is 20.3 Å². The fourth-order valence-electron chi connectivity index (χ4n) is 1.25. The van der Waals surface area contributed by atoms with Crippen molar-refractivity contribution in [3.05, 3.63) is 24.3 Å². The van der Waals surface area contributed by atoms with Gasteiger partial charge >= 0.3 is 0 Å². The molecule has 0 fully saturated rings. The molecule has 1 aliphatic heterocycles. The number of fused-ring (bicyclic) bond motifs is 1. The van der Waals surface area contributed by atoms with Crippen molar-refractivity contribution in [3.63, 3.8) is 0 Å². The Balaban J connectivity index is 2.33. The molecule has 2 heteroatoms. The maximum atomic E-state index is 5.81. The Bertz CT molecular complexity index is 271. The summed E-state index contributed by atoms with van der Waals surface area (Å²) in [4.78, 5) is 1.23. The van der Waals surface area contributed by atoms with Gasteiger partial charge in [-0.15, -0.1) is 0 Å². The molecule has 1 atom stereocenters. The van der Waals surface area contributed by atoms with E-state index >= 15 is 0 Å². The Morgan fingerprint density at radius 3 is 2.83 bits per heavy atom. The third-order valence-electron chi connectivity index (χ3n) is 2.14. The van der Waals surface area contributed by atoms with Crippen LogP contribution >= 0.6 is 11.8 Å². The van der Waals surface area contributed by atoms with Crippen LogP contribution in [0.3, 0.4) is 0 Å². The molecule has 0 bridgehead atoms. The van der Waals surface area contributed by atoms with Gasteiger partial charge in [0, 0.05) is 0 Å². The van der Waals surface area contributed by atoms with Crippen molar-refractivity contribution < 1.29 is 4.74 Å². The van der Waals surface area contributed by atoms with Gasteiger partial charge in [-0.3, -0.25) is 0 Å². The minimum atomic E-state index is -0.0380. The average Bonchev–Trinajstić information content (AvgIpc) is 2.42. The first-order valence-electron chi connectivity index (χ1n) is 4.20. The van der Waals surface area contributed by atoms with Gasteiger partial charge in [0.25, 0.3) is 0 Å². The van der Waals surface area contributed by atoms with E-state index in [9.17, 15) is 0 Å². The molecule has 0 aliphatic carbocycles. The van der Waals surface area contributed by atoms with Crippen LogP contribution in [0.2, 0.25) is 0 Å². The van der Waals surface area contributed by atoms with Crippen LogP contribution < -0.4 is 4.74 Å². The fraction of sp³-hybridized carbons (Fsp3) is 0.400. The van der Waals surface area contributed by atoms with E-state index in [-0.39, 0.29) is 4.93 Å². The number of para-hydroxylation sites is 1. The second-order valence-electron chi connectivity index (χ2n) is 3.14. The van der Waals surface area contributed by atoms with Crippen LogP contribution in [-0.2, 0) is 0 Å². The molecular formula is C10H12OS. The molecule has 64 valence electrons. The zero-order valence-electron chi connectivity index (χ0n) is 7.33. The molecule has 0 spiro atoms. The summed E-state index contributed by atoms with van der Waals surface area (Å²) in [6.45, 7) is 4.29. The molecule has 1 unspecified atom stereocenters. The monoisotopic (exact) mass is 180 g/mol. The van der Waals surface area contributed by atoms with Gasteiger partial charge in [-0.1, -0.05) is 30.8 Å². The quantitative estimate of drug-likeness (QED) is 0.655. The van der Waals surface area contributed by atoms with Gasteiger partial charge < -0.3 is 4.74 Å². The predicted molar refractivity (Wildman–Crippen MR) is 51.6 cm³/mol. The number of thioether (sulfide) groups is 1. The number of benzene rings is 1. The second kappa shape index (κ2) is 2.70. The summed E-state index contributed by atoms with van der Waals surface area (Å²) >= 11 is 1.82. The fourth-order valence-corrected chi connectivity index (χ4v) is 2.35. The molecule has 0 saturated heterocycles. The predicted octanol–water partition coefficient (Wildman–Crippen LogP) is 3.30. The molecule has 1 aliphatic rings. The van der Waals surface area contributed by atoms with E-state index in [1.54, 1.807) is 0 Å². The summed E-state index contributed by atoms with van der Waals surface area (Å²) in [5.74, 6) is 1.03. The standard InChI is InChI=1S/C10H12OS/c1-3-10(2)11-8-6-4-5-7-9(8)12-10/h4-7H,3H2,1-2H3. The van der Waals surface area contributed by atoms with Crippen LogP contribution in [-0.4, -0.2) is 4.93 Å². The van der Waals surface area contributed by atoms with E-state index in [2.05, 4.69) is 26.0 Å². The van der Waals surface area contributed by atoms with Crippen molar-refractivity contribution in [2.24, 2.45) is 0 Å². The van der Waals surface area contributed by atoms with Crippen molar-refractivity contribution in [2.45, 2.75) is 30.1 Å². The zero-order chi connectivity index (χ0) is 8.60. The van der Waals surface area contributed by atoms with E-state index in [0.29, 0.717) is 0 Å². The lowest BCUT2D eigenvalue weighted by Crippen LogP contribution is -2.22. The van der Waals surface area contributed by atoms with Crippen LogP contribution in [0.4, 0.5) is 0 Å². The van der Waals surface area contributed by atoms with E-state index in [4.69, 9.17) is 4.74 Å². The lowest BCUT2D eigenvalue weighted by atomic mass is 10.3. The van der Waals surface area contributed by atoms with E-state index in [1.807, 2.05) is 23.9 Å². The van der Waals surface area contributed by atoms with Gasteiger partial charge in [0.15, 0.2) is 4.93 Å². The number of hydrogen-bond acceptors (Lipinski definition) is 2. The molecule has 0 saturated carbocycles. The average molecular weight is 180 g/mol. The molecule has 2 rings (SSSR count). The smallest absolute Gasteiger partial charge is 0.156 e. The molecule has 0 radical (unpaired) electrons. The number of ether oxygens (including phenoxy) is 1. The molecular weight excluding hydrogens is 168 g/mol. The lowest BCUT2D eigenvalue weighted by molar-refractivity contribution is 0.189. The molecule has 0 aromatic heterocycles. The maximum Gasteiger partial charge on any atom is 0.156 e. The SMILES string of the molecule is CCC1(C)Oc2ccccc2S1. The van der Waals surface area contributed by atoms with Gasteiger partial charge in [0.2, 0.25) is 0 Å². The summed E-state index contributed by atoms with van der Waals surface area (Å²) in [6.07, 6.45) is 1.03. The summed E-state index contributed by atoms with van der Waals surface area (Å²) in [7, 11) is 0. The molecule has 1 nitrogen and oxygen atoms in total. The normalized spacial score (nSPS) is 26.5. The van der Waals surface area contributed by atoms with Gasteiger partial charge in [-0.2, -0.15) is 0 Å². The summed E-state index contributed by atoms with van der Waals surface area (Å²) < 4.78 is 5.81. The Hall–Kier alpha value is -0.630. The zero-order valence-corrected chi connectivity index (χ0v) is 8.15. The molecule has 1 heterocycles. The van der Waals surface area contributed by atoms with Crippen LogP contribution in [0.5, 0.6) is 5.75 Å². The minimum absolute atomic E-state index is 0.0380. The van der Waals surface area contributed by atoms with E-state index in [0.717, 1.165) is 12.2 Å². The maximum absolute atomic E-state index is 5.81. The summed E-state index contributed by atoms with van der Waals surface area (Å²) in [6, 6.07) is 8.21.